The molecule has 4 aromatic rings. The predicted molar refractivity (Wildman–Crippen MR) is 154 cm³/mol. The third kappa shape index (κ3) is 6.37. The molecule has 0 amide bonds. The van der Waals surface area contributed by atoms with Gasteiger partial charge in [-0.1, -0.05) is 0 Å². The molecule has 0 aliphatic rings. The number of carbonyl (C=O) groups is 2. The standard InChI is InChI=1S/C30H31AsN2O6S/c1-18-6-10-25(11-7-18)40(37,38)31-22(5)30(36)39-28(27-20(3)14-23(29(34)35)15-21(27)4)26-16-24(9-8-19(26)2)33-13-12-32-17-33/h6-17,22,28,31H,1-5H3,(H,34,35). The van der Waals surface area contributed by atoms with E-state index in [-0.39, 0.29) is 10.5 Å². The molecule has 0 radical (unpaired) electrons. The molecule has 40 heavy (non-hydrogen) atoms. The van der Waals surface area contributed by atoms with Gasteiger partial charge in [-0.2, -0.15) is 0 Å². The van der Waals surface area contributed by atoms with Crippen molar-refractivity contribution < 1.29 is 27.9 Å². The van der Waals surface area contributed by atoms with Crippen LogP contribution in [0.4, 0.5) is 0 Å². The third-order valence-electron chi connectivity index (χ3n) is 6.70. The van der Waals surface area contributed by atoms with Crippen LogP contribution in [-0.2, 0) is 17.6 Å². The molecule has 0 fully saturated rings. The zero-order valence-electron chi connectivity index (χ0n) is 22.9. The molecular weight excluding hydrogens is 591 g/mol. The van der Waals surface area contributed by atoms with Crippen LogP contribution in [-0.4, -0.2) is 49.6 Å². The predicted octanol–water partition coefficient (Wildman–Crippen LogP) is 5.07. The number of nitrogens with zero attached hydrogens (tertiary/aromatic N) is 2. The summed E-state index contributed by atoms with van der Waals surface area (Å²) in [4.78, 5) is 29.5. The molecule has 0 saturated carbocycles. The van der Waals surface area contributed by atoms with Crippen molar-refractivity contribution in [1.29, 1.82) is 0 Å². The zero-order valence-corrected chi connectivity index (χ0v) is 25.8. The summed E-state index contributed by atoms with van der Waals surface area (Å²) in [6.45, 7) is 8.94. The van der Waals surface area contributed by atoms with Gasteiger partial charge in [0.2, 0.25) is 0 Å². The number of benzene rings is 3. The maximum absolute atomic E-state index is 13.5. The second-order valence-corrected chi connectivity index (χ2v) is 18.2. The molecule has 3 aromatic carbocycles. The Bertz CT molecular complexity index is 1640. The van der Waals surface area contributed by atoms with Crippen molar-refractivity contribution in [3.63, 3.8) is 0 Å². The van der Waals surface area contributed by atoms with Crippen molar-refractivity contribution in [1.82, 2.24) is 9.55 Å². The summed E-state index contributed by atoms with van der Waals surface area (Å²) < 4.78 is 33.4. The van der Waals surface area contributed by atoms with E-state index >= 15 is 0 Å². The number of aryl methyl sites for hydroxylation is 4. The minimum absolute atomic E-state index is 0.136. The van der Waals surface area contributed by atoms with E-state index in [1.165, 1.54) is 0 Å². The van der Waals surface area contributed by atoms with Crippen molar-refractivity contribution >= 4 is 34.6 Å². The molecule has 8 nitrogen and oxygen atoms in total. The number of carbonyl (C=O) groups excluding carboxylic acids is 1. The SMILES string of the molecule is Cc1ccc(S(=O)(=O)[AsH]C(C)C(=O)OC(c2cc(-n3ccnc3)ccc2C)c2c(C)cc(C(=O)O)cc2C)cc1. The fourth-order valence-electron chi connectivity index (χ4n) is 4.56. The molecule has 0 spiro atoms. The maximum atomic E-state index is 13.5. The van der Waals surface area contributed by atoms with Crippen LogP contribution in [0.3, 0.4) is 0 Å². The topological polar surface area (TPSA) is 116 Å². The van der Waals surface area contributed by atoms with Crippen molar-refractivity contribution in [3.8, 4) is 5.69 Å². The molecule has 0 aliphatic heterocycles. The molecule has 3 atom stereocenters. The van der Waals surface area contributed by atoms with Gasteiger partial charge < -0.3 is 0 Å². The number of carboxylic acids is 1. The molecule has 4 rings (SSSR count). The molecule has 1 N–H and O–H groups in total. The molecule has 3 unspecified atom stereocenters. The van der Waals surface area contributed by atoms with Gasteiger partial charge in [-0.05, 0) is 0 Å². The van der Waals surface area contributed by atoms with Crippen LogP contribution in [0.5, 0.6) is 0 Å². The molecule has 0 aliphatic carbocycles. The van der Waals surface area contributed by atoms with E-state index in [9.17, 15) is 23.1 Å². The van der Waals surface area contributed by atoms with Gasteiger partial charge in [0, 0.05) is 0 Å². The molecule has 1 aromatic heterocycles. The monoisotopic (exact) mass is 622 g/mol. The van der Waals surface area contributed by atoms with Crippen LogP contribution >= 0.6 is 0 Å². The number of hydrogen-bond acceptors (Lipinski definition) is 6. The third-order valence-corrected chi connectivity index (χ3v) is 14.4. The average Bonchev–Trinajstić information content (AvgIpc) is 3.43. The first kappa shape index (κ1) is 29.3. The molecule has 10 heteroatoms. The van der Waals surface area contributed by atoms with Crippen molar-refractivity contribution in [3.05, 3.63) is 112 Å². The summed E-state index contributed by atoms with van der Waals surface area (Å²) >= 11 is -1.82. The van der Waals surface area contributed by atoms with E-state index in [0.29, 0.717) is 22.3 Å². The Kier molecular flexibility index (Phi) is 8.66. The van der Waals surface area contributed by atoms with E-state index in [0.717, 1.165) is 16.8 Å². The second-order valence-electron chi connectivity index (χ2n) is 9.81. The Labute approximate surface area is 239 Å². The summed E-state index contributed by atoms with van der Waals surface area (Å²) in [5.74, 6) is -1.67. The number of aromatic nitrogens is 2. The summed E-state index contributed by atoms with van der Waals surface area (Å²) in [5.41, 5.74) is 5.43. The Hall–Kier alpha value is -3.68. The molecule has 1 heterocycles. The van der Waals surface area contributed by atoms with E-state index in [4.69, 9.17) is 4.74 Å². The van der Waals surface area contributed by atoms with Crippen LogP contribution in [0.2, 0.25) is 4.71 Å². The fraction of sp³-hybridized carbons (Fsp3) is 0.233. The molecule has 0 saturated heterocycles. The Morgan fingerprint density at radius 2 is 1.60 bits per heavy atom. The molecule has 0 bridgehead atoms. The quantitative estimate of drug-likeness (QED) is 0.205. The summed E-state index contributed by atoms with van der Waals surface area (Å²) in [5, 5.41) is 9.56. The second kappa shape index (κ2) is 11.8. The first-order chi connectivity index (χ1) is 18.9. The van der Waals surface area contributed by atoms with E-state index in [2.05, 4.69) is 4.98 Å². The van der Waals surface area contributed by atoms with E-state index in [1.54, 1.807) is 75.9 Å². The van der Waals surface area contributed by atoms with Gasteiger partial charge in [-0.15, -0.1) is 0 Å². The van der Waals surface area contributed by atoms with Gasteiger partial charge in [0.15, 0.2) is 0 Å². The molecule has 208 valence electrons. The number of rotatable bonds is 9. The summed E-state index contributed by atoms with van der Waals surface area (Å²) in [6, 6.07) is 15.5. The Morgan fingerprint density at radius 3 is 2.17 bits per heavy atom. The summed E-state index contributed by atoms with van der Waals surface area (Å²) in [7, 11) is -3.61. The van der Waals surface area contributed by atoms with Gasteiger partial charge in [0.1, 0.15) is 0 Å². The zero-order chi connectivity index (χ0) is 29.2. The minimum atomic E-state index is -3.61. The van der Waals surface area contributed by atoms with Gasteiger partial charge in [-0.3, -0.25) is 0 Å². The number of hydrogen-bond donors (Lipinski definition) is 1. The summed E-state index contributed by atoms with van der Waals surface area (Å²) in [6.07, 6.45) is 4.25. The van der Waals surface area contributed by atoms with Crippen LogP contribution in [0.25, 0.3) is 5.69 Å². The van der Waals surface area contributed by atoms with E-state index in [1.807, 2.05) is 36.6 Å². The first-order valence-electron chi connectivity index (χ1n) is 12.6. The van der Waals surface area contributed by atoms with Gasteiger partial charge in [-0.25, -0.2) is 0 Å². The number of aromatic carboxylic acids is 1. The normalized spacial score (nSPS) is 13.3. The van der Waals surface area contributed by atoms with E-state index < -0.39 is 45.4 Å². The number of esters is 1. The first-order valence-corrected chi connectivity index (χ1v) is 17.9. The van der Waals surface area contributed by atoms with Crippen LogP contribution in [0.15, 0.2) is 78.2 Å². The number of imidazole rings is 1. The number of ether oxygens (including phenoxy) is 1. The fourth-order valence-corrected chi connectivity index (χ4v) is 11.1. The van der Waals surface area contributed by atoms with Gasteiger partial charge >= 0.3 is 240 Å². The Morgan fingerprint density at radius 1 is 0.950 bits per heavy atom. The van der Waals surface area contributed by atoms with Crippen LogP contribution < -0.4 is 0 Å². The Balaban J connectivity index is 1.74. The van der Waals surface area contributed by atoms with Crippen molar-refractivity contribution in [2.24, 2.45) is 0 Å². The van der Waals surface area contributed by atoms with Crippen LogP contribution in [0.1, 0.15) is 56.8 Å². The molecular formula is C30H31AsN2O6S. The van der Waals surface area contributed by atoms with Crippen molar-refractivity contribution in [2.75, 3.05) is 0 Å². The van der Waals surface area contributed by atoms with Crippen molar-refractivity contribution in [2.45, 2.75) is 50.3 Å². The average molecular weight is 623 g/mol. The van der Waals surface area contributed by atoms with Crippen LogP contribution in [0, 0.1) is 27.7 Å². The van der Waals surface area contributed by atoms with Gasteiger partial charge in [0.25, 0.3) is 0 Å². The van der Waals surface area contributed by atoms with Gasteiger partial charge in [0.05, 0.1) is 0 Å². The number of carboxylic acid groups (broad SMARTS) is 1.